The predicted octanol–water partition coefficient (Wildman–Crippen LogP) is 1.99. The van der Waals surface area contributed by atoms with Crippen LogP contribution in [0.1, 0.15) is 0 Å². The third kappa shape index (κ3) is 1.40. The number of benzene rings is 1. The maximum atomic E-state index is 12.7. The van der Waals surface area contributed by atoms with E-state index < -0.39 is 42.9 Å². The molecule has 0 radical (unpaired) electrons. The molecule has 21 heavy (non-hydrogen) atoms. The average molecular weight is 342 g/mol. The van der Waals surface area contributed by atoms with Crippen LogP contribution in [0.2, 0.25) is 0 Å². The van der Waals surface area contributed by atoms with Crippen LogP contribution in [0.15, 0.2) is 42.5 Å². The molecule has 0 aliphatic carbocycles. The van der Waals surface area contributed by atoms with Gasteiger partial charge in [-0.2, -0.15) is 0 Å². The zero-order chi connectivity index (χ0) is 15.0. The minimum atomic E-state index is -1.70. The van der Waals surface area contributed by atoms with Crippen LogP contribution in [-0.2, 0) is 20.4 Å². The highest BCUT2D eigenvalue weighted by Gasteiger charge is 2.76. The van der Waals surface area contributed by atoms with Crippen LogP contribution in [0.5, 0.6) is 0 Å². The molecule has 3 aliphatic heterocycles. The van der Waals surface area contributed by atoms with Crippen molar-refractivity contribution in [3.63, 3.8) is 0 Å². The molecule has 0 saturated carbocycles. The monoisotopic (exact) mass is 341 g/mol. The minimum absolute atomic E-state index is 0.438. The Morgan fingerprint density at radius 1 is 0.952 bits per heavy atom. The number of para-hydroxylation sites is 1. The van der Waals surface area contributed by atoms with E-state index in [2.05, 4.69) is 0 Å². The van der Waals surface area contributed by atoms with Gasteiger partial charge in [0.05, 0.1) is 28.3 Å². The second kappa shape index (κ2) is 3.97. The summed E-state index contributed by atoms with van der Waals surface area (Å²) < 4.78 is 9.65. The van der Waals surface area contributed by atoms with Crippen molar-refractivity contribution in [2.75, 3.05) is 4.90 Å². The minimum Gasteiger partial charge on any atom is -0.274 e. The lowest BCUT2D eigenvalue weighted by Crippen LogP contribution is -2.39. The predicted molar refractivity (Wildman–Crippen MR) is 80.4 cm³/mol. The van der Waals surface area contributed by atoms with Gasteiger partial charge in [0.1, 0.15) is 0 Å². The number of carbonyl (C=O) groups is 2. The molecule has 7 heteroatoms. The molecule has 5 atom stereocenters. The number of amides is 2. The smallest absolute Gasteiger partial charge is 0.240 e. The topological polar surface area (TPSA) is 54.5 Å². The zero-order valence-electron chi connectivity index (χ0n) is 10.5. The van der Waals surface area contributed by atoms with Crippen molar-refractivity contribution in [2.24, 2.45) is 11.8 Å². The summed E-state index contributed by atoms with van der Waals surface area (Å²) in [5, 5.41) is 0. The Balaban J connectivity index is 1.87. The molecule has 1 aromatic rings. The summed E-state index contributed by atoms with van der Waals surface area (Å²) in [5.41, 5.74) is 0.479. The molecule has 2 amide bonds. The lowest BCUT2D eigenvalue weighted by Gasteiger charge is -2.21. The van der Waals surface area contributed by atoms with Crippen molar-refractivity contribution >= 4 is 51.5 Å². The molecule has 3 aliphatic rings. The van der Waals surface area contributed by atoms with E-state index in [1.165, 1.54) is 12.2 Å². The number of rotatable bonds is 1. The third-order valence-electron chi connectivity index (χ3n) is 4.27. The van der Waals surface area contributed by atoms with Gasteiger partial charge in [-0.3, -0.25) is 13.8 Å². The Morgan fingerprint density at radius 3 is 1.90 bits per heavy atom. The molecule has 2 bridgehead atoms. The molecule has 2 fully saturated rings. The standard InChI is InChI=1S/C14H9Cl2NO3S/c15-13-6-7-14(16,21(13)20)10-9(13)11(18)17(12(10)19)8-4-2-1-3-5-8/h1-7,9-10H/t9?,10?,13-,14+,21?. The Hall–Kier alpha value is -1.17. The molecule has 4 nitrogen and oxygen atoms in total. The third-order valence-corrected chi connectivity index (χ3v) is 7.75. The number of alkyl halides is 2. The maximum Gasteiger partial charge on any atom is 0.240 e. The number of hydrogen-bond acceptors (Lipinski definition) is 3. The van der Waals surface area contributed by atoms with Gasteiger partial charge in [-0.25, -0.2) is 4.90 Å². The summed E-state index contributed by atoms with van der Waals surface area (Å²) >= 11 is 12.8. The second-order valence-electron chi connectivity index (χ2n) is 5.30. The molecule has 1 aromatic carbocycles. The SMILES string of the molecule is O=C1C2C(C(=O)N1c1ccccc1)[C@@]1(Cl)C=C[C@]2(Cl)S1=O. The maximum absolute atomic E-state index is 12.7. The van der Waals surface area contributed by atoms with Crippen molar-refractivity contribution in [3.8, 4) is 0 Å². The lowest BCUT2D eigenvalue weighted by atomic mass is 9.84. The zero-order valence-corrected chi connectivity index (χ0v) is 12.9. The van der Waals surface area contributed by atoms with Crippen molar-refractivity contribution < 1.29 is 13.8 Å². The first-order valence-corrected chi connectivity index (χ1v) is 8.25. The number of halogens is 2. The highest BCUT2D eigenvalue weighted by atomic mass is 35.5. The van der Waals surface area contributed by atoms with Gasteiger partial charge in [-0.1, -0.05) is 53.6 Å². The molecular formula is C14H9Cl2NO3S. The van der Waals surface area contributed by atoms with Crippen LogP contribution < -0.4 is 4.90 Å². The van der Waals surface area contributed by atoms with Crippen LogP contribution >= 0.6 is 23.2 Å². The summed E-state index contributed by atoms with van der Waals surface area (Å²) in [6.07, 6.45) is 3.00. The van der Waals surface area contributed by atoms with Crippen molar-refractivity contribution in [1.82, 2.24) is 0 Å². The highest BCUT2D eigenvalue weighted by Crippen LogP contribution is 2.63. The molecule has 0 N–H and O–H groups in total. The molecule has 3 heterocycles. The average Bonchev–Trinajstić information content (AvgIpc) is 2.95. The Morgan fingerprint density at radius 2 is 1.43 bits per heavy atom. The van der Waals surface area contributed by atoms with Crippen molar-refractivity contribution in [2.45, 2.75) is 8.41 Å². The summed E-state index contributed by atoms with van der Waals surface area (Å²) in [7, 11) is -1.70. The van der Waals surface area contributed by atoms with Crippen LogP contribution in [0, 0.1) is 11.8 Å². The number of fused-ring (bicyclic) bond motifs is 5. The highest BCUT2D eigenvalue weighted by molar-refractivity contribution is 7.92. The Kier molecular flexibility index (Phi) is 2.55. The van der Waals surface area contributed by atoms with Gasteiger partial charge >= 0.3 is 0 Å². The lowest BCUT2D eigenvalue weighted by molar-refractivity contribution is -0.122. The summed E-state index contributed by atoms with van der Waals surface area (Å²) in [4.78, 5) is 26.5. The van der Waals surface area contributed by atoms with Gasteiger partial charge in [-0.05, 0) is 12.1 Å². The molecule has 108 valence electrons. The van der Waals surface area contributed by atoms with E-state index >= 15 is 0 Å². The van der Waals surface area contributed by atoms with Crippen LogP contribution in [-0.4, -0.2) is 24.4 Å². The van der Waals surface area contributed by atoms with Gasteiger partial charge < -0.3 is 0 Å². The normalized spacial score (nSPS) is 43.7. The molecular weight excluding hydrogens is 333 g/mol. The first-order valence-electron chi connectivity index (χ1n) is 6.34. The van der Waals surface area contributed by atoms with E-state index in [0.717, 1.165) is 4.90 Å². The number of carbonyl (C=O) groups excluding carboxylic acids is 2. The first-order chi connectivity index (χ1) is 9.91. The van der Waals surface area contributed by atoms with Gasteiger partial charge in [0.25, 0.3) is 0 Å². The van der Waals surface area contributed by atoms with Gasteiger partial charge in [-0.15, -0.1) is 0 Å². The van der Waals surface area contributed by atoms with Gasteiger partial charge in [0.15, 0.2) is 8.41 Å². The van der Waals surface area contributed by atoms with E-state index in [4.69, 9.17) is 23.2 Å². The molecule has 2 saturated heterocycles. The summed E-state index contributed by atoms with van der Waals surface area (Å²) in [5.74, 6) is -2.64. The van der Waals surface area contributed by atoms with Crippen molar-refractivity contribution in [3.05, 3.63) is 42.5 Å². The largest absolute Gasteiger partial charge is 0.274 e. The quantitative estimate of drug-likeness (QED) is 0.446. The Bertz CT molecular complexity index is 697. The molecule has 0 aromatic heterocycles. The van der Waals surface area contributed by atoms with Crippen LogP contribution in [0.25, 0.3) is 0 Å². The fourth-order valence-electron chi connectivity index (χ4n) is 3.32. The Labute approximate surface area is 133 Å². The molecule has 4 rings (SSSR count). The fraction of sp³-hybridized carbons (Fsp3) is 0.286. The first kappa shape index (κ1) is 13.5. The molecule has 0 spiro atoms. The van der Waals surface area contributed by atoms with E-state index in [9.17, 15) is 13.8 Å². The number of anilines is 1. The van der Waals surface area contributed by atoms with Gasteiger partial charge in [0, 0.05) is 0 Å². The second-order valence-corrected chi connectivity index (χ2v) is 8.89. The van der Waals surface area contributed by atoms with Gasteiger partial charge in [0.2, 0.25) is 11.8 Å². The van der Waals surface area contributed by atoms with E-state index in [1.807, 2.05) is 0 Å². The number of hydrogen-bond donors (Lipinski definition) is 0. The van der Waals surface area contributed by atoms with Crippen molar-refractivity contribution in [1.29, 1.82) is 0 Å². The van der Waals surface area contributed by atoms with E-state index in [0.29, 0.717) is 5.69 Å². The fourth-order valence-corrected chi connectivity index (χ4v) is 6.57. The number of nitrogens with zero attached hydrogens (tertiary/aromatic N) is 1. The summed E-state index contributed by atoms with van der Waals surface area (Å²) in [6.45, 7) is 0. The van der Waals surface area contributed by atoms with E-state index in [1.54, 1.807) is 30.3 Å². The summed E-state index contributed by atoms with van der Waals surface area (Å²) in [6, 6.07) is 8.61. The number of imide groups is 1. The molecule has 3 unspecified atom stereocenters. The van der Waals surface area contributed by atoms with Crippen LogP contribution in [0.3, 0.4) is 0 Å². The van der Waals surface area contributed by atoms with Crippen LogP contribution in [0.4, 0.5) is 5.69 Å². The van der Waals surface area contributed by atoms with E-state index in [-0.39, 0.29) is 0 Å².